The second kappa shape index (κ2) is 8.23. The Morgan fingerprint density at radius 3 is 3.04 bits per heavy atom. The van der Waals surface area contributed by atoms with Gasteiger partial charge in [-0.3, -0.25) is 9.78 Å². The van der Waals surface area contributed by atoms with Gasteiger partial charge < -0.3 is 9.42 Å². The number of amides is 1. The predicted molar refractivity (Wildman–Crippen MR) is 94.0 cm³/mol. The zero-order valence-electron chi connectivity index (χ0n) is 15.1. The molecule has 0 bridgehead atoms. The van der Waals surface area contributed by atoms with Crippen LogP contribution in [0.4, 0.5) is 0 Å². The summed E-state index contributed by atoms with van der Waals surface area (Å²) < 4.78 is 5.17. The number of pyridine rings is 1. The minimum absolute atomic E-state index is 0.199. The lowest BCUT2D eigenvalue weighted by Crippen LogP contribution is -2.36. The van der Waals surface area contributed by atoms with Crippen LogP contribution in [0.25, 0.3) is 0 Å². The molecule has 0 aliphatic carbocycles. The Labute approximate surface area is 148 Å². The number of nitrogens with zero attached hydrogens (tertiary/aromatic N) is 4. The molecule has 134 valence electrons. The smallest absolute Gasteiger partial charge is 0.227 e. The minimum atomic E-state index is 0.199. The van der Waals surface area contributed by atoms with Gasteiger partial charge in [-0.15, -0.1) is 0 Å². The van der Waals surface area contributed by atoms with Crippen molar-refractivity contribution in [2.45, 2.75) is 64.8 Å². The van der Waals surface area contributed by atoms with E-state index in [2.05, 4.69) is 27.3 Å². The second-order valence-corrected chi connectivity index (χ2v) is 6.69. The summed E-state index contributed by atoms with van der Waals surface area (Å²) in [5, 5.41) is 3.88. The number of carbonyl (C=O) groups excluding carboxylic acids is 1. The Balaban J connectivity index is 1.50. The van der Waals surface area contributed by atoms with E-state index in [0.29, 0.717) is 30.6 Å². The fraction of sp³-hybridized carbons (Fsp3) is 0.579. The molecule has 1 saturated heterocycles. The average molecular weight is 342 g/mol. The van der Waals surface area contributed by atoms with Gasteiger partial charge >= 0.3 is 0 Å². The molecule has 0 saturated carbocycles. The maximum atomic E-state index is 12.6. The first-order chi connectivity index (χ1) is 12.2. The van der Waals surface area contributed by atoms with Gasteiger partial charge in [0.2, 0.25) is 11.8 Å². The van der Waals surface area contributed by atoms with Gasteiger partial charge in [0.15, 0.2) is 5.82 Å². The Morgan fingerprint density at radius 2 is 2.28 bits per heavy atom. The summed E-state index contributed by atoms with van der Waals surface area (Å²) in [7, 11) is 0. The normalized spacial score (nSPS) is 17.2. The SMILES string of the molecule is CCc1noc(CCC(=O)N2CCC[C@@H]2CCc2ccnc(C)c2)n1. The molecule has 0 aromatic carbocycles. The van der Waals surface area contributed by atoms with Crippen molar-refractivity contribution in [2.24, 2.45) is 0 Å². The molecule has 2 aromatic heterocycles. The van der Waals surface area contributed by atoms with Crippen molar-refractivity contribution in [3.05, 3.63) is 41.3 Å². The first-order valence-electron chi connectivity index (χ1n) is 9.18. The molecule has 1 fully saturated rings. The molecule has 1 aliphatic rings. The molecule has 25 heavy (non-hydrogen) atoms. The molecule has 3 heterocycles. The molecule has 2 aromatic rings. The molecule has 0 N–H and O–H groups in total. The number of carbonyl (C=O) groups is 1. The molecule has 6 nitrogen and oxygen atoms in total. The summed E-state index contributed by atoms with van der Waals surface area (Å²) in [5.41, 5.74) is 2.34. The van der Waals surface area contributed by atoms with Gasteiger partial charge in [-0.25, -0.2) is 0 Å². The van der Waals surface area contributed by atoms with E-state index in [9.17, 15) is 4.79 Å². The molecule has 3 rings (SSSR count). The molecule has 1 amide bonds. The molecular weight excluding hydrogens is 316 g/mol. The van der Waals surface area contributed by atoms with Crippen LogP contribution in [0.5, 0.6) is 0 Å². The van der Waals surface area contributed by atoms with Crippen LogP contribution < -0.4 is 0 Å². The van der Waals surface area contributed by atoms with Crippen molar-refractivity contribution in [1.29, 1.82) is 0 Å². The number of aromatic nitrogens is 3. The topological polar surface area (TPSA) is 72.1 Å². The third-order valence-corrected chi connectivity index (χ3v) is 4.80. The van der Waals surface area contributed by atoms with Gasteiger partial charge in [0.25, 0.3) is 0 Å². The van der Waals surface area contributed by atoms with E-state index in [-0.39, 0.29) is 5.91 Å². The van der Waals surface area contributed by atoms with E-state index >= 15 is 0 Å². The highest BCUT2D eigenvalue weighted by atomic mass is 16.5. The van der Waals surface area contributed by atoms with Crippen molar-refractivity contribution in [3.63, 3.8) is 0 Å². The lowest BCUT2D eigenvalue weighted by Gasteiger charge is -2.24. The maximum absolute atomic E-state index is 12.6. The summed E-state index contributed by atoms with van der Waals surface area (Å²) in [4.78, 5) is 23.2. The highest BCUT2D eigenvalue weighted by Crippen LogP contribution is 2.23. The number of hydrogen-bond donors (Lipinski definition) is 0. The first kappa shape index (κ1) is 17.6. The van der Waals surface area contributed by atoms with Crippen LogP contribution >= 0.6 is 0 Å². The first-order valence-corrected chi connectivity index (χ1v) is 9.18. The zero-order valence-corrected chi connectivity index (χ0v) is 15.1. The van der Waals surface area contributed by atoms with E-state index in [4.69, 9.17) is 4.52 Å². The van der Waals surface area contributed by atoms with E-state index in [0.717, 1.165) is 44.3 Å². The van der Waals surface area contributed by atoms with Gasteiger partial charge in [0, 0.05) is 43.7 Å². The highest BCUT2D eigenvalue weighted by Gasteiger charge is 2.28. The number of hydrogen-bond acceptors (Lipinski definition) is 5. The third kappa shape index (κ3) is 4.65. The second-order valence-electron chi connectivity index (χ2n) is 6.69. The van der Waals surface area contributed by atoms with Crippen LogP contribution in [0.15, 0.2) is 22.9 Å². The molecule has 1 atom stereocenters. The number of likely N-dealkylation sites (tertiary alicyclic amines) is 1. The van der Waals surface area contributed by atoms with E-state index in [1.807, 2.05) is 24.9 Å². The van der Waals surface area contributed by atoms with Crippen molar-refractivity contribution < 1.29 is 9.32 Å². The number of aryl methyl sites for hydroxylation is 4. The fourth-order valence-electron chi connectivity index (χ4n) is 3.45. The van der Waals surface area contributed by atoms with Gasteiger partial charge in [-0.1, -0.05) is 12.1 Å². The number of rotatable bonds is 7. The largest absolute Gasteiger partial charge is 0.340 e. The van der Waals surface area contributed by atoms with Crippen LogP contribution in [0, 0.1) is 6.92 Å². The molecule has 6 heteroatoms. The lowest BCUT2D eigenvalue weighted by molar-refractivity contribution is -0.132. The fourth-order valence-corrected chi connectivity index (χ4v) is 3.45. The summed E-state index contributed by atoms with van der Waals surface area (Å²) >= 11 is 0. The molecule has 1 aliphatic heterocycles. The van der Waals surface area contributed by atoms with Crippen molar-refractivity contribution in [1.82, 2.24) is 20.0 Å². The van der Waals surface area contributed by atoms with Gasteiger partial charge in [0.05, 0.1) is 0 Å². The minimum Gasteiger partial charge on any atom is -0.340 e. The van der Waals surface area contributed by atoms with Crippen molar-refractivity contribution in [2.75, 3.05) is 6.54 Å². The Morgan fingerprint density at radius 1 is 1.40 bits per heavy atom. The van der Waals surface area contributed by atoms with E-state index in [1.54, 1.807) is 0 Å². The zero-order chi connectivity index (χ0) is 17.6. The summed E-state index contributed by atoms with van der Waals surface area (Å²) in [6.45, 7) is 4.86. The van der Waals surface area contributed by atoms with Crippen LogP contribution in [0.3, 0.4) is 0 Å². The standard InChI is InChI=1S/C19H26N4O2/c1-3-17-21-18(25-22-17)8-9-19(24)23-12-4-5-16(23)7-6-15-10-11-20-14(2)13-15/h10-11,13,16H,3-9,12H2,1-2H3/t16-/m1/s1. The van der Waals surface area contributed by atoms with Crippen molar-refractivity contribution in [3.8, 4) is 0 Å². The van der Waals surface area contributed by atoms with Gasteiger partial charge in [0.1, 0.15) is 0 Å². The lowest BCUT2D eigenvalue weighted by atomic mass is 10.0. The monoisotopic (exact) mass is 342 g/mol. The van der Waals surface area contributed by atoms with Gasteiger partial charge in [-0.2, -0.15) is 4.98 Å². The molecule has 0 spiro atoms. The summed E-state index contributed by atoms with van der Waals surface area (Å²) in [5.74, 6) is 1.46. The summed E-state index contributed by atoms with van der Waals surface area (Å²) in [6.07, 6.45) is 7.76. The average Bonchev–Trinajstić information content (AvgIpc) is 3.27. The highest BCUT2D eigenvalue weighted by molar-refractivity contribution is 5.77. The third-order valence-electron chi connectivity index (χ3n) is 4.80. The Kier molecular flexibility index (Phi) is 5.79. The van der Waals surface area contributed by atoms with Crippen molar-refractivity contribution >= 4 is 5.91 Å². The molecule has 0 unspecified atom stereocenters. The summed E-state index contributed by atoms with van der Waals surface area (Å²) in [6, 6.07) is 4.53. The molecular formula is C19H26N4O2. The van der Waals surface area contributed by atoms with Crippen LogP contribution in [-0.2, 0) is 24.1 Å². The van der Waals surface area contributed by atoms with E-state index < -0.39 is 0 Å². The predicted octanol–water partition coefficient (Wildman–Crippen LogP) is 2.89. The Bertz CT molecular complexity index is 713. The van der Waals surface area contributed by atoms with E-state index in [1.165, 1.54) is 5.56 Å². The van der Waals surface area contributed by atoms with Crippen LogP contribution in [0.2, 0.25) is 0 Å². The van der Waals surface area contributed by atoms with Gasteiger partial charge in [-0.05, 0) is 50.3 Å². The van der Waals surface area contributed by atoms with Crippen LogP contribution in [0.1, 0.15) is 55.6 Å². The molecule has 0 radical (unpaired) electrons. The Hall–Kier alpha value is -2.24. The maximum Gasteiger partial charge on any atom is 0.227 e. The quantitative estimate of drug-likeness (QED) is 0.773. The van der Waals surface area contributed by atoms with Crippen LogP contribution in [-0.4, -0.2) is 38.5 Å².